The molecule has 0 aliphatic rings. The van der Waals surface area contributed by atoms with Gasteiger partial charge in [0.15, 0.2) is 6.10 Å². The standard InChI is InChI=1S/C15H15ClN2O4S/c1-3-17-15(21)18-13(19)8(2)22-14(20)12-11(16)9-6-4-5-7-10(9)23-12/h4-8H,3H2,1-2H3,(H2,17,18,19,21)/t8-/m1/s1. The first-order valence-electron chi connectivity index (χ1n) is 6.90. The second-order valence-corrected chi connectivity index (χ2v) is 6.07. The molecule has 1 aromatic carbocycles. The molecule has 6 nitrogen and oxygen atoms in total. The van der Waals surface area contributed by atoms with E-state index in [1.54, 1.807) is 13.0 Å². The number of rotatable bonds is 4. The van der Waals surface area contributed by atoms with Crippen molar-refractivity contribution in [1.29, 1.82) is 0 Å². The molecule has 1 heterocycles. The molecular formula is C15H15ClN2O4S. The van der Waals surface area contributed by atoms with Crippen molar-refractivity contribution in [3.63, 3.8) is 0 Å². The molecule has 0 aliphatic heterocycles. The lowest BCUT2D eigenvalue weighted by molar-refractivity contribution is -0.127. The molecule has 2 aromatic rings. The number of amides is 3. The minimum atomic E-state index is -1.12. The van der Waals surface area contributed by atoms with Crippen molar-refractivity contribution in [3.8, 4) is 0 Å². The second-order valence-electron chi connectivity index (χ2n) is 4.64. The molecule has 2 rings (SSSR count). The van der Waals surface area contributed by atoms with Crippen LogP contribution in [0.2, 0.25) is 5.02 Å². The Bertz CT molecular complexity index is 759. The van der Waals surface area contributed by atoms with E-state index in [2.05, 4.69) is 10.6 Å². The first-order valence-corrected chi connectivity index (χ1v) is 8.10. The highest BCUT2D eigenvalue weighted by molar-refractivity contribution is 7.21. The molecule has 2 N–H and O–H groups in total. The fraction of sp³-hybridized carbons (Fsp3) is 0.267. The Morgan fingerprint density at radius 2 is 2.00 bits per heavy atom. The fourth-order valence-corrected chi connectivity index (χ4v) is 3.22. The van der Waals surface area contributed by atoms with Crippen LogP contribution in [-0.4, -0.2) is 30.6 Å². The van der Waals surface area contributed by atoms with E-state index in [-0.39, 0.29) is 4.88 Å². The van der Waals surface area contributed by atoms with E-state index < -0.39 is 24.0 Å². The molecule has 3 amide bonds. The molecule has 23 heavy (non-hydrogen) atoms. The lowest BCUT2D eigenvalue weighted by atomic mass is 10.2. The molecule has 0 saturated heterocycles. The van der Waals surface area contributed by atoms with Crippen LogP contribution in [0.5, 0.6) is 0 Å². The van der Waals surface area contributed by atoms with Crippen LogP contribution >= 0.6 is 22.9 Å². The normalized spacial score (nSPS) is 11.8. The third kappa shape index (κ3) is 4.00. The number of nitrogens with one attached hydrogen (secondary N) is 2. The Morgan fingerprint density at radius 1 is 1.30 bits per heavy atom. The summed E-state index contributed by atoms with van der Waals surface area (Å²) in [6.07, 6.45) is -1.12. The van der Waals surface area contributed by atoms with Crippen molar-refractivity contribution in [2.45, 2.75) is 20.0 Å². The maximum absolute atomic E-state index is 12.2. The fourth-order valence-electron chi connectivity index (χ4n) is 1.83. The van der Waals surface area contributed by atoms with E-state index >= 15 is 0 Å². The SMILES string of the molecule is CCNC(=O)NC(=O)[C@@H](C)OC(=O)c1sc2ccccc2c1Cl. The van der Waals surface area contributed by atoms with Gasteiger partial charge in [0.05, 0.1) is 5.02 Å². The Kier molecular flexibility index (Phi) is 5.57. The number of carbonyl (C=O) groups excluding carboxylic acids is 3. The number of hydrogen-bond acceptors (Lipinski definition) is 5. The van der Waals surface area contributed by atoms with E-state index in [4.69, 9.17) is 16.3 Å². The van der Waals surface area contributed by atoms with Crippen molar-refractivity contribution in [1.82, 2.24) is 10.6 Å². The monoisotopic (exact) mass is 354 g/mol. The largest absolute Gasteiger partial charge is 0.448 e. The molecule has 0 unspecified atom stereocenters. The predicted octanol–water partition coefficient (Wildman–Crippen LogP) is 2.95. The van der Waals surface area contributed by atoms with E-state index in [0.717, 1.165) is 10.1 Å². The van der Waals surface area contributed by atoms with E-state index in [1.807, 2.05) is 18.2 Å². The third-order valence-electron chi connectivity index (χ3n) is 2.95. The summed E-state index contributed by atoms with van der Waals surface area (Å²) in [5, 5.41) is 5.55. The van der Waals surface area contributed by atoms with Crippen molar-refractivity contribution in [2.75, 3.05) is 6.54 Å². The van der Waals surface area contributed by atoms with Crippen molar-refractivity contribution in [2.24, 2.45) is 0 Å². The Balaban J connectivity index is 2.07. The number of hydrogen-bond donors (Lipinski definition) is 2. The van der Waals surface area contributed by atoms with E-state index in [0.29, 0.717) is 11.6 Å². The van der Waals surface area contributed by atoms with Crippen molar-refractivity contribution < 1.29 is 19.1 Å². The zero-order valence-corrected chi connectivity index (χ0v) is 14.1. The number of thiophene rings is 1. The van der Waals surface area contributed by atoms with Crippen molar-refractivity contribution >= 4 is 50.9 Å². The number of esters is 1. The Labute approximate surface area is 141 Å². The molecule has 0 saturated carbocycles. The average molecular weight is 355 g/mol. The highest BCUT2D eigenvalue weighted by Gasteiger charge is 2.24. The summed E-state index contributed by atoms with van der Waals surface area (Å²) in [5.41, 5.74) is 0. The zero-order chi connectivity index (χ0) is 17.0. The summed E-state index contributed by atoms with van der Waals surface area (Å²) >= 11 is 7.38. The quantitative estimate of drug-likeness (QED) is 0.827. The van der Waals surface area contributed by atoms with Crippen LogP contribution < -0.4 is 10.6 Å². The zero-order valence-electron chi connectivity index (χ0n) is 12.5. The van der Waals surface area contributed by atoms with Gasteiger partial charge in [-0.3, -0.25) is 10.1 Å². The van der Waals surface area contributed by atoms with Gasteiger partial charge in [0.1, 0.15) is 4.88 Å². The van der Waals surface area contributed by atoms with Gasteiger partial charge in [-0.25, -0.2) is 9.59 Å². The van der Waals surface area contributed by atoms with Gasteiger partial charge in [0, 0.05) is 16.6 Å². The third-order valence-corrected chi connectivity index (χ3v) is 4.60. The number of halogens is 1. The number of urea groups is 1. The maximum Gasteiger partial charge on any atom is 0.350 e. The Hall–Kier alpha value is -2.12. The second kappa shape index (κ2) is 7.43. The molecule has 1 aromatic heterocycles. The number of benzene rings is 1. The molecule has 0 bridgehead atoms. The number of imide groups is 1. The van der Waals surface area contributed by atoms with Gasteiger partial charge in [-0.05, 0) is 19.9 Å². The van der Waals surface area contributed by atoms with Gasteiger partial charge in [0.25, 0.3) is 5.91 Å². The van der Waals surface area contributed by atoms with E-state index in [1.165, 1.54) is 18.3 Å². The van der Waals surface area contributed by atoms with Gasteiger partial charge in [0.2, 0.25) is 0 Å². The average Bonchev–Trinajstić information content (AvgIpc) is 2.85. The molecular weight excluding hydrogens is 340 g/mol. The lowest BCUT2D eigenvalue weighted by Gasteiger charge is -2.12. The molecule has 0 aliphatic carbocycles. The maximum atomic E-state index is 12.2. The van der Waals surface area contributed by atoms with Gasteiger partial charge < -0.3 is 10.1 Å². The van der Waals surface area contributed by atoms with Crippen LogP contribution in [-0.2, 0) is 9.53 Å². The number of fused-ring (bicyclic) bond motifs is 1. The molecule has 0 radical (unpaired) electrons. The molecule has 0 spiro atoms. The predicted molar refractivity (Wildman–Crippen MR) is 88.9 cm³/mol. The molecule has 0 fully saturated rings. The summed E-state index contributed by atoms with van der Waals surface area (Å²) in [6.45, 7) is 3.48. The van der Waals surface area contributed by atoms with Gasteiger partial charge in [-0.15, -0.1) is 11.3 Å². The molecule has 122 valence electrons. The minimum absolute atomic E-state index is 0.227. The van der Waals surface area contributed by atoms with Crippen LogP contribution in [0, 0.1) is 0 Å². The topological polar surface area (TPSA) is 84.5 Å². The smallest absolute Gasteiger partial charge is 0.350 e. The molecule has 8 heteroatoms. The first kappa shape index (κ1) is 17.2. The minimum Gasteiger partial charge on any atom is -0.448 e. The van der Waals surface area contributed by atoms with Crippen LogP contribution in [0.1, 0.15) is 23.5 Å². The van der Waals surface area contributed by atoms with Crippen LogP contribution in [0.15, 0.2) is 24.3 Å². The van der Waals surface area contributed by atoms with Gasteiger partial charge >= 0.3 is 12.0 Å². The highest BCUT2D eigenvalue weighted by atomic mass is 35.5. The van der Waals surface area contributed by atoms with Gasteiger partial charge in [-0.1, -0.05) is 29.8 Å². The lowest BCUT2D eigenvalue weighted by Crippen LogP contribution is -2.44. The van der Waals surface area contributed by atoms with Crippen LogP contribution in [0.25, 0.3) is 10.1 Å². The summed E-state index contributed by atoms with van der Waals surface area (Å²) < 4.78 is 5.93. The number of carbonyl (C=O) groups is 3. The Morgan fingerprint density at radius 3 is 2.65 bits per heavy atom. The van der Waals surface area contributed by atoms with E-state index in [9.17, 15) is 14.4 Å². The van der Waals surface area contributed by atoms with Crippen molar-refractivity contribution in [3.05, 3.63) is 34.2 Å². The van der Waals surface area contributed by atoms with Crippen LogP contribution in [0.4, 0.5) is 4.79 Å². The number of ether oxygens (including phenoxy) is 1. The summed E-state index contributed by atoms with van der Waals surface area (Å²) in [7, 11) is 0. The first-order chi connectivity index (χ1) is 10.9. The van der Waals surface area contributed by atoms with Gasteiger partial charge in [-0.2, -0.15) is 0 Å². The highest BCUT2D eigenvalue weighted by Crippen LogP contribution is 2.35. The summed E-state index contributed by atoms with van der Waals surface area (Å²) in [4.78, 5) is 35.5. The van der Waals surface area contributed by atoms with Crippen LogP contribution in [0.3, 0.4) is 0 Å². The summed E-state index contributed by atoms with van der Waals surface area (Å²) in [5.74, 6) is -1.41. The molecule has 1 atom stereocenters. The summed E-state index contributed by atoms with van der Waals surface area (Å²) in [6, 6.07) is 6.66.